The molecule has 2 aliphatic heterocycles. The lowest BCUT2D eigenvalue weighted by Crippen LogP contribution is -2.57. The molecule has 0 unspecified atom stereocenters. The Hall–Kier alpha value is -5.23. The second-order valence-electron chi connectivity index (χ2n) is 9.71. The molecular formula is C33H20BN3O2. The molecule has 0 saturated carbocycles. The summed E-state index contributed by atoms with van der Waals surface area (Å²) in [6.07, 6.45) is 9.14. The Morgan fingerprint density at radius 3 is 1.97 bits per heavy atom. The van der Waals surface area contributed by atoms with Crippen LogP contribution in [0, 0.1) is 0 Å². The maximum atomic E-state index is 6.69. The molecule has 0 atom stereocenters. The van der Waals surface area contributed by atoms with E-state index in [1.807, 2.05) is 48.8 Å². The molecule has 182 valence electrons. The Balaban J connectivity index is 1.38. The van der Waals surface area contributed by atoms with Crippen LogP contribution in [-0.2, 0) is 0 Å². The fourth-order valence-corrected chi connectivity index (χ4v) is 5.68. The Labute approximate surface area is 225 Å². The van der Waals surface area contributed by atoms with Gasteiger partial charge in [0, 0.05) is 53.1 Å². The maximum absolute atomic E-state index is 6.69. The second kappa shape index (κ2) is 8.67. The molecule has 3 aromatic carbocycles. The number of benzene rings is 3. The van der Waals surface area contributed by atoms with Crippen molar-refractivity contribution < 1.29 is 9.47 Å². The molecule has 2 aliphatic rings. The van der Waals surface area contributed by atoms with Crippen LogP contribution in [0.1, 0.15) is 0 Å². The first-order valence-electron chi connectivity index (χ1n) is 12.9. The standard InChI is InChI=1S/C33H20BN3O2/c1-2-10-29-27(8-1)34-28-9-5-15-37-33(28)39-30-12-11-26(32(38-29)31(30)34)25-17-23(21-6-3-13-35-19-21)16-24(18-25)22-7-4-14-36-20-22/h1-20H. The van der Waals surface area contributed by atoms with E-state index in [-0.39, 0.29) is 6.71 Å². The van der Waals surface area contributed by atoms with Crippen molar-refractivity contribution in [2.45, 2.75) is 0 Å². The molecule has 3 aromatic heterocycles. The first-order valence-corrected chi connectivity index (χ1v) is 12.9. The van der Waals surface area contributed by atoms with Gasteiger partial charge in [0.25, 0.3) is 6.71 Å². The molecule has 6 heteroatoms. The molecule has 5 nitrogen and oxygen atoms in total. The van der Waals surface area contributed by atoms with Crippen LogP contribution in [0.5, 0.6) is 23.1 Å². The maximum Gasteiger partial charge on any atom is 0.262 e. The summed E-state index contributed by atoms with van der Waals surface area (Å²) in [7, 11) is 0. The minimum absolute atomic E-state index is 0.0309. The van der Waals surface area contributed by atoms with Gasteiger partial charge in [0.2, 0.25) is 5.88 Å². The predicted molar refractivity (Wildman–Crippen MR) is 154 cm³/mol. The van der Waals surface area contributed by atoms with Gasteiger partial charge in [0.15, 0.2) is 0 Å². The molecule has 5 heterocycles. The van der Waals surface area contributed by atoms with Crippen molar-refractivity contribution in [1.29, 1.82) is 0 Å². The Bertz CT molecular complexity index is 1810. The van der Waals surface area contributed by atoms with E-state index in [1.54, 1.807) is 18.6 Å². The van der Waals surface area contributed by atoms with E-state index in [0.29, 0.717) is 5.88 Å². The molecule has 0 bridgehead atoms. The first-order chi connectivity index (χ1) is 19.3. The Morgan fingerprint density at radius 1 is 0.538 bits per heavy atom. The molecule has 0 saturated heterocycles. The van der Waals surface area contributed by atoms with E-state index in [4.69, 9.17) is 9.47 Å². The number of fused-ring (bicyclic) bond motifs is 4. The number of hydrogen-bond donors (Lipinski definition) is 0. The van der Waals surface area contributed by atoms with E-state index in [2.05, 4.69) is 69.5 Å². The Morgan fingerprint density at radius 2 is 1.23 bits per heavy atom. The lowest BCUT2D eigenvalue weighted by atomic mass is 9.35. The van der Waals surface area contributed by atoms with Crippen molar-refractivity contribution >= 4 is 23.1 Å². The van der Waals surface area contributed by atoms with Gasteiger partial charge in [-0.3, -0.25) is 9.97 Å². The second-order valence-corrected chi connectivity index (χ2v) is 9.71. The molecule has 39 heavy (non-hydrogen) atoms. The fourth-order valence-electron chi connectivity index (χ4n) is 5.68. The van der Waals surface area contributed by atoms with Gasteiger partial charge in [0.05, 0.1) is 0 Å². The lowest BCUT2D eigenvalue weighted by molar-refractivity contribution is 0.454. The van der Waals surface area contributed by atoms with Crippen molar-refractivity contribution in [1.82, 2.24) is 15.0 Å². The van der Waals surface area contributed by atoms with Crippen molar-refractivity contribution in [3.05, 3.63) is 122 Å². The van der Waals surface area contributed by atoms with Gasteiger partial charge in [-0.1, -0.05) is 36.4 Å². The zero-order valence-electron chi connectivity index (χ0n) is 20.8. The third kappa shape index (κ3) is 3.53. The number of pyridine rings is 3. The van der Waals surface area contributed by atoms with E-state index < -0.39 is 0 Å². The van der Waals surface area contributed by atoms with Crippen LogP contribution in [0.25, 0.3) is 33.4 Å². The molecule has 8 rings (SSSR count). The highest BCUT2D eigenvalue weighted by atomic mass is 16.5. The molecule has 0 radical (unpaired) electrons. The summed E-state index contributed by atoms with van der Waals surface area (Å²) in [6, 6.07) is 31.1. The van der Waals surface area contributed by atoms with Crippen molar-refractivity contribution in [3.63, 3.8) is 0 Å². The molecule has 0 fully saturated rings. The number of para-hydroxylation sites is 1. The van der Waals surface area contributed by atoms with Gasteiger partial charge in [-0.15, -0.1) is 0 Å². The van der Waals surface area contributed by atoms with Crippen molar-refractivity contribution in [2.24, 2.45) is 0 Å². The topological polar surface area (TPSA) is 57.1 Å². The normalized spacial score (nSPS) is 12.5. The van der Waals surface area contributed by atoms with Gasteiger partial charge >= 0.3 is 0 Å². The summed E-state index contributed by atoms with van der Waals surface area (Å²) in [4.78, 5) is 13.3. The van der Waals surface area contributed by atoms with Crippen LogP contribution in [0.4, 0.5) is 0 Å². The van der Waals surface area contributed by atoms with E-state index >= 15 is 0 Å². The average molecular weight is 501 g/mol. The summed E-state index contributed by atoms with van der Waals surface area (Å²) < 4.78 is 13.0. The molecular weight excluding hydrogens is 481 g/mol. The highest BCUT2D eigenvalue weighted by Gasteiger charge is 2.41. The number of hydrogen-bond acceptors (Lipinski definition) is 5. The molecule has 0 N–H and O–H groups in total. The minimum atomic E-state index is -0.0309. The van der Waals surface area contributed by atoms with Crippen molar-refractivity contribution in [3.8, 4) is 56.5 Å². The minimum Gasteiger partial charge on any atom is -0.458 e. The lowest BCUT2D eigenvalue weighted by Gasteiger charge is -2.33. The number of ether oxygens (including phenoxy) is 2. The fraction of sp³-hybridized carbons (Fsp3) is 0. The third-order valence-corrected chi connectivity index (χ3v) is 7.44. The van der Waals surface area contributed by atoms with Gasteiger partial charge < -0.3 is 9.47 Å². The van der Waals surface area contributed by atoms with Crippen molar-refractivity contribution in [2.75, 3.05) is 0 Å². The van der Waals surface area contributed by atoms with Gasteiger partial charge in [0.1, 0.15) is 17.2 Å². The zero-order valence-corrected chi connectivity index (χ0v) is 20.8. The van der Waals surface area contributed by atoms with E-state index in [0.717, 1.165) is 67.0 Å². The summed E-state index contributed by atoms with van der Waals surface area (Å²) in [6.45, 7) is -0.0309. The van der Waals surface area contributed by atoms with E-state index in [9.17, 15) is 0 Å². The summed E-state index contributed by atoms with van der Waals surface area (Å²) in [5.41, 5.74) is 9.46. The van der Waals surface area contributed by atoms with Crippen LogP contribution in [0.2, 0.25) is 0 Å². The highest BCUT2D eigenvalue weighted by molar-refractivity contribution is 6.98. The number of nitrogens with zero attached hydrogens (tertiary/aromatic N) is 3. The monoisotopic (exact) mass is 501 g/mol. The average Bonchev–Trinajstić information content (AvgIpc) is 3.01. The molecule has 0 spiro atoms. The summed E-state index contributed by atoms with van der Waals surface area (Å²) in [5.74, 6) is 3.07. The zero-order chi connectivity index (χ0) is 25.8. The number of rotatable bonds is 3. The quantitative estimate of drug-likeness (QED) is 0.295. The molecule has 0 aliphatic carbocycles. The van der Waals surface area contributed by atoms with Crippen LogP contribution in [-0.4, -0.2) is 21.7 Å². The molecule has 6 aromatic rings. The van der Waals surface area contributed by atoms with Crippen LogP contribution in [0.3, 0.4) is 0 Å². The number of aromatic nitrogens is 3. The van der Waals surface area contributed by atoms with Crippen LogP contribution >= 0.6 is 0 Å². The first kappa shape index (κ1) is 21.8. The van der Waals surface area contributed by atoms with E-state index in [1.165, 1.54) is 0 Å². The van der Waals surface area contributed by atoms with Gasteiger partial charge in [-0.25, -0.2) is 4.98 Å². The predicted octanol–water partition coefficient (Wildman–Crippen LogP) is 5.60. The Kier molecular flexibility index (Phi) is 4.85. The summed E-state index contributed by atoms with van der Waals surface area (Å²) >= 11 is 0. The smallest absolute Gasteiger partial charge is 0.262 e. The largest absolute Gasteiger partial charge is 0.458 e. The molecule has 0 amide bonds. The summed E-state index contributed by atoms with van der Waals surface area (Å²) in [5, 5.41) is 0. The van der Waals surface area contributed by atoms with Crippen LogP contribution in [0.15, 0.2) is 122 Å². The van der Waals surface area contributed by atoms with Gasteiger partial charge in [-0.2, -0.15) is 0 Å². The third-order valence-electron chi connectivity index (χ3n) is 7.44. The van der Waals surface area contributed by atoms with Gasteiger partial charge in [-0.05, 0) is 82.2 Å². The van der Waals surface area contributed by atoms with Crippen LogP contribution < -0.4 is 25.9 Å². The highest BCUT2D eigenvalue weighted by Crippen LogP contribution is 2.42. The SMILES string of the molecule is c1cncc(-c2cc(-c3cccnc3)cc(-c3ccc4c5c3Oc3ccccc3B5c3cccnc3O4)c2)c1.